The Morgan fingerprint density at radius 2 is 1.80 bits per heavy atom. The van der Waals surface area contributed by atoms with Gasteiger partial charge in [-0.2, -0.15) is 0 Å². The lowest BCUT2D eigenvalue weighted by Gasteiger charge is -2.33. The van der Waals surface area contributed by atoms with Crippen molar-refractivity contribution >= 4 is 0 Å². The van der Waals surface area contributed by atoms with Crippen molar-refractivity contribution in [1.29, 1.82) is 0 Å². The lowest BCUT2D eigenvalue weighted by atomic mass is 9.75. The highest BCUT2D eigenvalue weighted by Crippen LogP contribution is 2.37. The summed E-state index contributed by atoms with van der Waals surface area (Å²) in [6, 6.07) is 10.1. The Morgan fingerprint density at radius 3 is 2.45 bits per heavy atom. The quantitative estimate of drug-likeness (QED) is 0.776. The Hall–Kier alpha value is -0.820. The van der Waals surface area contributed by atoms with Gasteiger partial charge in [0.05, 0.1) is 0 Å². The smallest absolute Gasteiger partial charge is 0.00104 e. The van der Waals surface area contributed by atoms with E-state index >= 15 is 0 Å². The van der Waals surface area contributed by atoms with Crippen molar-refractivity contribution in [2.24, 2.45) is 5.92 Å². The van der Waals surface area contributed by atoms with Gasteiger partial charge in [-0.15, -0.1) is 0 Å². The molecule has 20 heavy (non-hydrogen) atoms. The van der Waals surface area contributed by atoms with E-state index in [9.17, 15) is 0 Å². The summed E-state index contributed by atoms with van der Waals surface area (Å²) >= 11 is 0. The molecule has 0 saturated heterocycles. The van der Waals surface area contributed by atoms with Gasteiger partial charge in [0, 0.05) is 6.04 Å². The maximum Gasteiger partial charge on any atom is 0.00104 e. The minimum absolute atomic E-state index is 0.601. The van der Waals surface area contributed by atoms with Gasteiger partial charge in [0.15, 0.2) is 0 Å². The summed E-state index contributed by atoms with van der Waals surface area (Å²) in [4.78, 5) is 0. The number of hydrogen-bond donors (Lipinski definition) is 1. The van der Waals surface area contributed by atoms with Gasteiger partial charge in [-0.3, -0.25) is 0 Å². The monoisotopic (exact) mass is 273 g/mol. The first-order chi connectivity index (χ1) is 9.70. The molecular formula is C19H31N. The molecular weight excluding hydrogens is 242 g/mol. The fraction of sp³-hybridized carbons (Fsp3) is 0.684. The Balaban J connectivity index is 2.02. The van der Waals surface area contributed by atoms with Crippen LogP contribution in [0, 0.1) is 5.92 Å². The van der Waals surface area contributed by atoms with Crippen LogP contribution in [0.4, 0.5) is 0 Å². The summed E-state index contributed by atoms with van der Waals surface area (Å²) in [5, 5.41) is 3.65. The van der Waals surface area contributed by atoms with Crippen LogP contribution in [0.5, 0.6) is 0 Å². The topological polar surface area (TPSA) is 12.0 Å². The fourth-order valence-corrected chi connectivity index (χ4v) is 3.50. The normalized spacial score (nSPS) is 23.2. The van der Waals surface area contributed by atoms with Gasteiger partial charge in [0.25, 0.3) is 0 Å². The number of rotatable bonds is 6. The van der Waals surface area contributed by atoms with Gasteiger partial charge < -0.3 is 5.32 Å². The molecule has 1 saturated carbocycles. The van der Waals surface area contributed by atoms with Crippen molar-refractivity contribution in [3.8, 4) is 0 Å². The van der Waals surface area contributed by atoms with Gasteiger partial charge >= 0.3 is 0 Å². The number of benzene rings is 1. The largest absolute Gasteiger partial charge is 0.314 e. The predicted molar refractivity (Wildman–Crippen MR) is 88.3 cm³/mol. The van der Waals surface area contributed by atoms with Crippen LogP contribution < -0.4 is 5.32 Å². The maximum atomic E-state index is 3.65. The van der Waals surface area contributed by atoms with E-state index in [0.717, 1.165) is 11.8 Å². The molecule has 1 fully saturated rings. The zero-order chi connectivity index (χ0) is 14.4. The second-order valence-electron chi connectivity index (χ2n) is 6.71. The van der Waals surface area contributed by atoms with Gasteiger partial charge in [-0.1, -0.05) is 64.3 Å². The Bertz CT molecular complexity index is 379. The summed E-state index contributed by atoms with van der Waals surface area (Å²) in [5.41, 5.74) is 3.06. The minimum atomic E-state index is 0.601. The molecule has 0 aromatic heterocycles. The van der Waals surface area contributed by atoms with Crippen molar-refractivity contribution in [3.63, 3.8) is 0 Å². The maximum absolute atomic E-state index is 3.65. The zero-order valence-corrected chi connectivity index (χ0v) is 13.5. The lowest BCUT2D eigenvalue weighted by Crippen LogP contribution is -2.33. The molecule has 2 atom stereocenters. The summed E-state index contributed by atoms with van der Waals surface area (Å²) in [7, 11) is 0. The first-order valence-corrected chi connectivity index (χ1v) is 8.53. The van der Waals surface area contributed by atoms with E-state index in [1.54, 1.807) is 5.56 Å². The van der Waals surface area contributed by atoms with Crippen LogP contribution in [0.15, 0.2) is 24.3 Å². The molecule has 0 heterocycles. The molecule has 1 heteroatoms. The van der Waals surface area contributed by atoms with Crippen molar-refractivity contribution in [1.82, 2.24) is 5.32 Å². The van der Waals surface area contributed by atoms with E-state index in [1.807, 2.05) is 0 Å². The van der Waals surface area contributed by atoms with E-state index in [4.69, 9.17) is 0 Å². The van der Waals surface area contributed by atoms with Crippen molar-refractivity contribution < 1.29 is 0 Å². The first kappa shape index (κ1) is 15.6. The van der Waals surface area contributed by atoms with E-state index in [0.29, 0.717) is 6.04 Å². The molecule has 0 aliphatic heterocycles. The minimum Gasteiger partial charge on any atom is -0.314 e. The van der Waals surface area contributed by atoms with Gasteiger partial charge in [-0.05, 0) is 48.8 Å². The summed E-state index contributed by atoms with van der Waals surface area (Å²) in [6.45, 7) is 7.93. The number of aryl methyl sites for hydroxylation is 1. The van der Waals surface area contributed by atoms with Crippen LogP contribution in [0.25, 0.3) is 0 Å². The highest BCUT2D eigenvalue weighted by Gasteiger charge is 2.26. The highest BCUT2D eigenvalue weighted by atomic mass is 14.9. The molecule has 2 rings (SSSR count). The zero-order valence-electron chi connectivity index (χ0n) is 13.5. The molecule has 112 valence electrons. The van der Waals surface area contributed by atoms with E-state index in [-0.39, 0.29) is 0 Å². The summed E-state index contributed by atoms with van der Waals surface area (Å²) in [6.07, 6.45) is 8.03. The van der Waals surface area contributed by atoms with Crippen LogP contribution in [0.2, 0.25) is 0 Å². The highest BCUT2D eigenvalue weighted by molar-refractivity contribution is 5.26. The SMILES string of the molecule is CCCc1ccc(C2CCCCC2CNC(C)C)cc1. The number of nitrogens with one attached hydrogen (secondary N) is 1. The van der Waals surface area contributed by atoms with Crippen molar-refractivity contribution in [3.05, 3.63) is 35.4 Å². The third-order valence-corrected chi connectivity index (χ3v) is 4.64. The molecule has 1 N–H and O–H groups in total. The van der Waals surface area contributed by atoms with Gasteiger partial charge in [-0.25, -0.2) is 0 Å². The molecule has 2 unspecified atom stereocenters. The Morgan fingerprint density at radius 1 is 1.10 bits per heavy atom. The molecule has 0 amide bonds. The summed E-state index contributed by atoms with van der Waals surface area (Å²) < 4.78 is 0. The molecule has 1 nitrogen and oxygen atoms in total. The number of hydrogen-bond acceptors (Lipinski definition) is 1. The van der Waals surface area contributed by atoms with Crippen LogP contribution in [0.3, 0.4) is 0 Å². The van der Waals surface area contributed by atoms with E-state index < -0.39 is 0 Å². The molecule has 0 spiro atoms. The van der Waals surface area contributed by atoms with Gasteiger partial charge in [0.2, 0.25) is 0 Å². The van der Waals surface area contributed by atoms with E-state index in [1.165, 1.54) is 50.6 Å². The molecule has 1 aromatic carbocycles. The predicted octanol–water partition coefficient (Wildman–Crippen LogP) is 4.91. The van der Waals surface area contributed by atoms with Crippen LogP contribution in [-0.2, 0) is 6.42 Å². The third kappa shape index (κ3) is 4.34. The molecule has 1 aliphatic rings. The van der Waals surface area contributed by atoms with Crippen LogP contribution >= 0.6 is 0 Å². The first-order valence-electron chi connectivity index (χ1n) is 8.53. The summed E-state index contributed by atoms with van der Waals surface area (Å²) in [5.74, 6) is 1.59. The van der Waals surface area contributed by atoms with Gasteiger partial charge in [0.1, 0.15) is 0 Å². The lowest BCUT2D eigenvalue weighted by molar-refractivity contribution is 0.289. The molecule has 1 aromatic rings. The van der Waals surface area contributed by atoms with E-state index in [2.05, 4.69) is 50.4 Å². The average Bonchev–Trinajstić information content (AvgIpc) is 2.47. The average molecular weight is 273 g/mol. The third-order valence-electron chi connectivity index (χ3n) is 4.64. The molecule has 0 radical (unpaired) electrons. The standard InChI is InChI=1S/C19H31N/c1-4-7-16-10-12-17(13-11-16)19-9-6-5-8-18(19)14-20-15(2)3/h10-13,15,18-20H,4-9,14H2,1-3H3. The van der Waals surface area contributed by atoms with Crippen molar-refractivity contribution in [2.45, 2.75) is 71.3 Å². The Kier molecular flexibility index (Phi) is 6.09. The second kappa shape index (κ2) is 7.83. The van der Waals surface area contributed by atoms with Crippen molar-refractivity contribution in [2.75, 3.05) is 6.54 Å². The fourth-order valence-electron chi connectivity index (χ4n) is 3.50. The Labute approximate surface area is 125 Å². The van der Waals surface area contributed by atoms with Crippen LogP contribution in [-0.4, -0.2) is 12.6 Å². The van der Waals surface area contributed by atoms with Crippen LogP contribution in [0.1, 0.15) is 69.9 Å². The molecule has 1 aliphatic carbocycles. The molecule has 0 bridgehead atoms. The second-order valence-corrected chi connectivity index (χ2v) is 6.71.